The molecule has 0 aromatic heterocycles. The van der Waals surface area contributed by atoms with Crippen LogP contribution in [0.3, 0.4) is 0 Å². The van der Waals surface area contributed by atoms with Crippen molar-refractivity contribution in [2.24, 2.45) is 0 Å². The van der Waals surface area contributed by atoms with Gasteiger partial charge in [-0.15, -0.1) is 12.4 Å². The number of benzene rings is 1. The summed E-state index contributed by atoms with van der Waals surface area (Å²) in [6.07, 6.45) is 3.92. The molecule has 0 radical (unpaired) electrons. The fourth-order valence-electron chi connectivity index (χ4n) is 3.47. The Balaban J connectivity index is 0.00000192. The monoisotopic (exact) mass is 343 g/mol. The molecule has 2 fully saturated rings. The van der Waals surface area contributed by atoms with Crippen LogP contribution < -0.4 is 14.2 Å². The number of halogens is 1. The zero-order chi connectivity index (χ0) is 15.5. The molecule has 3 rings (SSSR count). The summed E-state index contributed by atoms with van der Waals surface area (Å²) in [4.78, 5) is 2.56. The van der Waals surface area contributed by atoms with Crippen LogP contribution in [0.5, 0.6) is 17.2 Å². The molecule has 6 heteroatoms. The number of nitrogens with zero attached hydrogens (tertiary/aromatic N) is 1. The fourth-order valence-corrected chi connectivity index (χ4v) is 3.47. The molecule has 130 valence electrons. The van der Waals surface area contributed by atoms with E-state index in [0.717, 1.165) is 18.7 Å². The normalized spacial score (nSPS) is 24.3. The van der Waals surface area contributed by atoms with Crippen LogP contribution in [0.2, 0.25) is 0 Å². The van der Waals surface area contributed by atoms with Crippen molar-refractivity contribution in [1.82, 2.24) is 4.90 Å². The summed E-state index contributed by atoms with van der Waals surface area (Å²) in [6, 6.07) is 4.58. The molecule has 2 unspecified atom stereocenters. The third-order valence-electron chi connectivity index (χ3n) is 4.70. The molecule has 0 saturated carbocycles. The molecule has 5 nitrogen and oxygen atoms in total. The second kappa shape index (κ2) is 8.08. The van der Waals surface area contributed by atoms with E-state index < -0.39 is 0 Å². The molecule has 0 N–H and O–H groups in total. The average Bonchev–Trinajstić information content (AvgIpc) is 2.59. The molecule has 1 aromatic rings. The molecule has 2 aliphatic rings. The van der Waals surface area contributed by atoms with Gasteiger partial charge in [0.25, 0.3) is 0 Å². The number of hydrogen-bond donors (Lipinski definition) is 0. The summed E-state index contributed by atoms with van der Waals surface area (Å²) < 4.78 is 22.4. The number of hydrogen-bond acceptors (Lipinski definition) is 5. The highest BCUT2D eigenvalue weighted by Crippen LogP contribution is 2.41. The van der Waals surface area contributed by atoms with Crippen LogP contribution in [-0.4, -0.2) is 52.0 Å². The van der Waals surface area contributed by atoms with Crippen molar-refractivity contribution in [2.75, 3.05) is 41.0 Å². The maximum atomic E-state index is 6.11. The van der Waals surface area contributed by atoms with Crippen molar-refractivity contribution < 1.29 is 18.9 Å². The van der Waals surface area contributed by atoms with Gasteiger partial charge < -0.3 is 18.9 Å². The van der Waals surface area contributed by atoms with Crippen LogP contribution in [0.1, 0.15) is 30.9 Å². The van der Waals surface area contributed by atoms with E-state index in [4.69, 9.17) is 18.9 Å². The molecule has 0 bridgehead atoms. The Bertz CT molecular complexity index is 500. The number of methoxy groups -OCH3 is 3. The quantitative estimate of drug-likeness (QED) is 0.840. The Labute approximate surface area is 144 Å². The second-order valence-corrected chi connectivity index (χ2v) is 5.93. The minimum absolute atomic E-state index is 0. The lowest BCUT2D eigenvalue weighted by atomic mass is 9.98. The first kappa shape index (κ1) is 18.2. The van der Waals surface area contributed by atoms with E-state index in [1.54, 1.807) is 21.3 Å². The Kier molecular flexibility index (Phi) is 6.39. The van der Waals surface area contributed by atoms with Crippen LogP contribution in [0.25, 0.3) is 0 Å². The zero-order valence-corrected chi connectivity index (χ0v) is 14.9. The van der Waals surface area contributed by atoms with E-state index in [2.05, 4.69) is 4.90 Å². The Morgan fingerprint density at radius 1 is 1.04 bits per heavy atom. The maximum Gasteiger partial charge on any atom is 0.203 e. The van der Waals surface area contributed by atoms with Gasteiger partial charge in [-0.25, -0.2) is 0 Å². The van der Waals surface area contributed by atoms with Gasteiger partial charge in [0, 0.05) is 12.6 Å². The van der Waals surface area contributed by atoms with Crippen molar-refractivity contribution in [3.05, 3.63) is 17.7 Å². The SMILES string of the molecule is COc1cc(C2CN3CCCCC3CO2)cc(OC)c1OC.Cl. The molecule has 2 aliphatic heterocycles. The van der Waals surface area contributed by atoms with E-state index in [0.29, 0.717) is 23.3 Å². The summed E-state index contributed by atoms with van der Waals surface area (Å²) in [5.41, 5.74) is 1.08. The first-order valence-corrected chi connectivity index (χ1v) is 7.92. The highest BCUT2D eigenvalue weighted by atomic mass is 35.5. The Morgan fingerprint density at radius 3 is 2.35 bits per heavy atom. The standard InChI is InChI=1S/C17H25NO4.ClH/c1-19-14-8-12(9-15(20-2)17(14)21-3)16-10-18-7-5-4-6-13(18)11-22-16;/h8-9,13,16H,4-7,10-11H2,1-3H3;1H. The van der Waals surface area contributed by atoms with Crippen LogP contribution in [0.15, 0.2) is 12.1 Å². The first-order valence-electron chi connectivity index (χ1n) is 7.92. The van der Waals surface area contributed by atoms with Crippen molar-refractivity contribution in [2.45, 2.75) is 31.4 Å². The van der Waals surface area contributed by atoms with E-state index in [-0.39, 0.29) is 18.5 Å². The Morgan fingerprint density at radius 2 is 1.74 bits per heavy atom. The number of piperidine rings is 1. The highest BCUT2D eigenvalue weighted by molar-refractivity contribution is 5.85. The van der Waals surface area contributed by atoms with Gasteiger partial charge in [-0.3, -0.25) is 4.90 Å². The minimum Gasteiger partial charge on any atom is -0.493 e. The molecule has 0 spiro atoms. The Hall–Kier alpha value is -1.17. The largest absolute Gasteiger partial charge is 0.493 e. The summed E-state index contributed by atoms with van der Waals surface area (Å²) in [6.45, 7) is 2.92. The van der Waals surface area contributed by atoms with Gasteiger partial charge in [-0.05, 0) is 37.1 Å². The van der Waals surface area contributed by atoms with E-state index in [1.165, 1.54) is 25.8 Å². The summed E-state index contributed by atoms with van der Waals surface area (Å²) in [5, 5.41) is 0. The van der Waals surface area contributed by atoms with Crippen LogP contribution >= 0.6 is 12.4 Å². The molecule has 0 aliphatic carbocycles. The molecule has 23 heavy (non-hydrogen) atoms. The average molecular weight is 344 g/mol. The lowest BCUT2D eigenvalue weighted by molar-refractivity contribution is -0.0767. The van der Waals surface area contributed by atoms with E-state index in [1.807, 2.05) is 12.1 Å². The summed E-state index contributed by atoms with van der Waals surface area (Å²) in [7, 11) is 4.91. The van der Waals surface area contributed by atoms with Crippen LogP contribution in [0.4, 0.5) is 0 Å². The number of rotatable bonds is 4. The van der Waals surface area contributed by atoms with Gasteiger partial charge in [-0.2, -0.15) is 0 Å². The number of morpholine rings is 1. The van der Waals surface area contributed by atoms with Crippen LogP contribution in [0, 0.1) is 0 Å². The molecular formula is C17H26ClNO4. The minimum atomic E-state index is 0. The van der Waals surface area contributed by atoms with Gasteiger partial charge in [0.15, 0.2) is 11.5 Å². The maximum absolute atomic E-state index is 6.11. The molecule has 1 aromatic carbocycles. The van der Waals surface area contributed by atoms with Crippen molar-refractivity contribution >= 4 is 12.4 Å². The molecule has 0 amide bonds. The number of ether oxygens (including phenoxy) is 4. The third-order valence-corrected chi connectivity index (χ3v) is 4.70. The summed E-state index contributed by atoms with van der Waals surface area (Å²) >= 11 is 0. The topological polar surface area (TPSA) is 40.2 Å². The number of fused-ring (bicyclic) bond motifs is 1. The fraction of sp³-hybridized carbons (Fsp3) is 0.647. The van der Waals surface area contributed by atoms with Crippen LogP contribution in [-0.2, 0) is 4.74 Å². The van der Waals surface area contributed by atoms with Gasteiger partial charge in [-0.1, -0.05) is 6.42 Å². The summed E-state index contributed by atoms with van der Waals surface area (Å²) in [5.74, 6) is 1.99. The van der Waals surface area contributed by atoms with Gasteiger partial charge >= 0.3 is 0 Å². The van der Waals surface area contributed by atoms with Crippen molar-refractivity contribution in [3.63, 3.8) is 0 Å². The highest BCUT2D eigenvalue weighted by Gasteiger charge is 2.32. The zero-order valence-electron chi connectivity index (χ0n) is 14.0. The predicted octanol–water partition coefficient (Wildman–Crippen LogP) is 3.06. The predicted molar refractivity (Wildman–Crippen MR) is 91.3 cm³/mol. The van der Waals surface area contributed by atoms with Gasteiger partial charge in [0.2, 0.25) is 5.75 Å². The lowest BCUT2D eigenvalue weighted by Gasteiger charge is -2.42. The van der Waals surface area contributed by atoms with Gasteiger partial charge in [0.1, 0.15) is 0 Å². The molecular weight excluding hydrogens is 318 g/mol. The lowest BCUT2D eigenvalue weighted by Crippen LogP contribution is -2.48. The van der Waals surface area contributed by atoms with E-state index >= 15 is 0 Å². The van der Waals surface area contributed by atoms with Crippen molar-refractivity contribution in [1.29, 1.82) is 0 Å². The molecule has 2 saturated heterocycles. The van der Waals surface area contributed by atoms with Crippen molar-refractivity contribution in [3.8, 4) is 17.2 Å². The first-order chi connectivity index (χ1) is 10.8. The molecule has 2 heterocycles. The smallest absolute Gasteiger partial charge is 0.203 e. The van der Waals surface area contributed by atoms with Gasteiger partial charge in [0.05, 0.1) is 34.0 Å². The third kappa shape index (κ3) is 3.67. The second-order valence-electron chi connectivity index (χ2n) is 5.93. The molecule has 2 atom stereocenters. The van der Waals surface area contributed by atoms with E-state index in [9.17, 15) is 0 Å².